The van der Waals surface area contributed by atoms with Crippen molar-refractivity contribution in [3.05, 3.63) is 17.6 Å². The number of rotatable bonds is 3. The lowest BCUT2D eigenvalue weighted by atomic mass is 10.1. The number of ether oxygens (including phenoxy) is 1. The van der Waals surface area contributed by atoms with E-state index in [-0.39, 0.29) is 5.95 Å². The number of nitrogen functional groups attached to an aromatic ring is 1. The van der Waals surface area contributed by atoms with Crippen LogP contribution in [0.25, 0.3) is 22.4 Å². The van der Waals surface area contributed by atoms with Gasteiger partial charge in [-0.15, -0.1) is 0 Å². The highest BCUT2D eigenvalue weighted by Crippen LogP contribution is 2.27. The van der Waals surface area contributed by atoms with Crippen LogP contribution < -0.4 is 10.5 Å². The molecule has 0 atom stereocenters. The number of nitrogens with one attached hydrogen (secondary N) is 1. The summed E-state index contributed by atoms with van der Waals surface area (Å²) in [6.45, 7) is 6.17. The van der Waals surface area contributed by atoms with Gasteiger partial charge in [-0.05, 0) is 20.8 Å². The molecule has 21 heavy (non-hydrogen) atoms. The molecule has 0 aliphatic heterocycles. The van der Waals surface area contributed by atoms with Crippen LogP contribution in [0.2, 0.25) is 0 Å². The van der Waals surface area contributed by atoms with Crippen LogP contribution in [0, 0.1) is 13.8 Å². The largest absolute Gasteiger partial charge is 0.476 e. The van der Waals surface area contributed by atoms with Crippen molar-refractivity contribution in [2.24, 2.45) is 0 Å². The van der Waals surface area contributed by atoms with E-state index in [0.717, 1.165) is 17.0 Å². The third-order valence-corrected chi connectivity index (χ3v) is 3.06. The molecule has 3 aromatic heterocycles. The van der Waals surface area contributed by atoms with Gasteiger partial charge in [-0.1, -0.05) is 0 Å². The van der Waals surface area contributed by atoms with Gasteiger partial charge in [-0.25, -0.2) is 9.97 Å². The van der Waals surface area contributed by atoms with Crippen molar-refractivity contribution in [2.45, 2.75) is 20.8 Å². The average Bonchev–Trinajstić information content (AvgIpc) is 2.78. The molecule has 0 aromatic carbocycles. The Morgan fingerprint density at radius 1 is 1.24 bits per heavy atom. The summed E-state index contributed by atoms with van der Waals surface area (Å²) in [6, 6.07) is 0. The Bertz CT molecular complexity index is 792. The predicted octanol–water partition coefficient (Wildman–Crippen LogP) is 1.41. The number of anilines is 1. The van der Waals surface area contributed by atoms with Gasteiger partial charge < -0.3 is 10.5 Å². The summed E-state index contributed by atoms with van der Waals surface area (Å²) in [6.07, 6.45) is 1.65. The van der Waals surface area contributed by atoms with Gasteiger partial charge in [0.25, 0.3) is 0 Å². The van der Waals surface area contributed by atoms with Gasteiger partial charge >= 0.3 is 0 Å². The third kappa shape index (κ3) is 2.24. The zero-order valence-electron chi connectivity index (χ0n) is 12.0. The minimum absolute atomic E-state index is 0.115. The highest BCUT2D eigenvalue weighted by atomic mass is 16.5. The van der Waals surface area contributed by atoms with Crippen molar-refractivity contribution in [1.82, 2.24) is 30.1 Å². The van der Waals surface area contributed by atoms with E-state index in [9.17, 15) is 0 Å². The minimum Gasteiger partial charge on any atom is -0.476 e. The summed E-state index contributed by atoms with van der Waals surface area (Å²) in [5, 5.41) is 7.10. The van der Waals surface area contributed by atoms with Gasteiger partial charge in [-0.3, -0.25) is 5.10 Å². The first kappa shape index (κ1) is 13.2. The Balaban J connectivity index is 2.24. The smallest absolute Gasteiger partial charge is 0.247 e. The molecule has 0 saturated heterocycles. The second-order valence-corrected chi connectivity index (χ2v) is 4.56. The lowest BCUT2D eigenvalue weighted by Crippen LogP contribution is -2.04. The van der Waals surface area contributed by atoms with Gasteiger partial charge in [0.05, 0.1) is 24.2 Å². The van der Waals surface area contributed by atoms with Crippen molar-refractivity contribution in [3.63, 3.8) is 0 Å². The molecule has 3 N–H and O–H groups in total. The number of hydrogen-bond acceptors (Lipinski definition) is 7. The molecule has 3 heterocycles. The molecule has 0 aliphatic rings. The summed E-state index contributed by atoms with van der Waals surface area (Å²) >= 11 is 0. The van der Waals surface area contributed by atoms with Crippen LogP contribution in [0.1, 0.15) is 18.3 Å². The standard InChI is InChI=1S/C13H15N7O/c1-4-21-12-10-11(17-13(14)18-12)15-5-8(16-10)9-6(2)19-20-7(9)3/h5H,4H2,1-3H3,(H,19,20)(H2,14,15,17,18). The van der Waals surface area contributed by atoms with Crippen LogP contribution in [-0.4, -0.2) is 36.7 Å². The van der Waals surface area contributed by atoms with Crippen molar-refractivity contribution < 1.29 is 4.74 Å². The van der Waals surface area contributed by atoms with Gasteiger partial charge in [0, 0.05) is 11.3 Å². The molecule has 108 valence electrons. The van der Waals surface area contributed by atoms with E-state index in [2.05, 4.69) is 30.1 Å². The van der Waals surface area contributed by atoms with E-state index >= 15 is 0 Å². The first-order chi connectivity index (χ1) is 10.1. The monoisotopic (exact) mass is 285 g/mol. The summed E-state index contributed by atoms with van der Waals surface area (Å²) in [5.41, 5.74) is 9.95. The second kappa shape index (κ2) is 4.97. The number of aromatic amines is 1. The third-order valence-electron chi connectivity index (χ3n) is 3.06. The molecule has 8 heteroatoms. The van der Waals surface area contributed by atoms with Gasteiger partial charge in [0.2, 0.25) is 11.8 Å². The van der Waals surface area contributed by atoms with Crippen molar-refractivity contribution in [2.75, 3.05) is 12.3 Å². The van der Waals surface area contributed by atoms with E-state index in [0.29, 0.717) is 29.3 Å². The maximum Gasteiger partial charge on any atom is 0.247 e. The quantitative estimate of drug-likeness (QED) is 0.747. The van der Waals surface area contributed by atoms with E-state index < -0.39 is 0 Å². The van der Waals surface area contributed by atoms with E-state index in [1.54, 1.807) is 6.20 Å². The van der Waals surface area contributed by atoms with Crippen molar-refractivity contribution >= 4 is 17.1 Å². The Labute approximate surface area is 120 Å². The zero-order valence-corrected chi connectivity index (χ0v) is 12.0. The molecule has 0 saturated carbocycles. The molecule has 8 nitrogen and oxygen atoms in total. The molecule has 0 amide bonds. The van der Waals surface area contributed by atoms with E-state index in [1.165, 1.54) is 0 Å². The molecule has 0 unspecified atom stereocenters. The Morgan fingerprint density at radius 3 is 2.71 bits per heavy atom. The van der Waals surface area contributed by atoms with Crippen LogP contribution in [0.3, 0.4) is 0 Å². The number of aryl methyl sites for hydroxylation is 2. The SMILES string of the molecule is CCOc1nc(N)nc2ncc(-c3c(C)n[nH]c3C)nc12. The molecule has 0 bridgehead atoms. The van der Waals surface area contributed by atoms with Crippen molar-refractivity contribution in [1.29, 1.82) is 0 Å². The highest BCUT2D eigenvalue weighted by Gasteiger charge is 2.15. The topological polar surface area (TPSA) is 115 Å². The molecule has 0 spiro atoms. The lowest BCUT2D eigenvalue weighted by Gasteiger charge is -2.07. The average molecular weight is 285 g/mol. The predicted molar refractivity (Wildman–Crippen MR) is 77.8 cm³/mol. The molecule has 0 fully saturated rings. The van der Waals surface area contributed by atoms with E-state index in [1.807, 2.05) is 20.8 Å². The number of nitrogens with zero attached hydrogens (tertiary/aromatic N) is 5. The maximum atomic E-state index is 5.65. The first-order valence-electron chi connectivity index (χ1n) is 6.55. The molecular weight excluding hydrogens is 270 g/mol. The number of H-pyrrole nitrogens is 1. The molecule has 0 radical (unpaired) electrons. The fraction of sp³-hybridized carbons (Fsp3) is 0.308. The highest BCUT2D eigenvalue weighted by molar-refractivity contribution is 5.79. The summed E-state index contributed by atoms with van der Waals surface area (Å²) in [7, 11) is 0. The fourth-order valence-corrected chi connectivity index (χ4v) is 2.18. The molecule has 0 aliphatic carbocycles. The summed E-state index contributed by atoms with van der Waals surface area (Å²) in [4.78, 5) is 17.0. The first-order valence-corrected chi connectivity index (χ1v) is 6.55. The minimum atomic E-state index is 0.115. The van der Waals surface area contributed by atoms with E-state index in [4.69, 9.17) is 10.5 Å². The summed E-state index contributed by atoms with van der Waals surface area (Å²) < 4.78 is 5.48. The van der Waals surface area contributed by atoms with Gasteiger partial charge in [0.15, 0.2) is 11.2 Å². The molecule has 3 rings (SSSR count). The normalized spacial score (nSPS) is 11.0. The Hall–Kier alpha value is -2.77. The van der Waals surface area contributed by atoms with Crippen LogP contribution in [-0.2, 0) is 0 Å². The van der Waals surface area contributed by atoms with Gasteiger partial charge in [0.1, 0.15) is 0 Å². The maximum absolute atomic E-state index is 5.65. The number of nitrogens with two attached hydrogens (primary N) is 1. The number of fused-ring (bicyclic) bond motifs is 1. The Morgan fingerprint density at radius 2 is 2.05 bits per heavy atom. The zero-order chi connectivity index (χ0) is 15.0. The van der Waals surface area contributed by atoms with Crippen LogP contribution >= 0.6 is 0 Å². The molecule has 3 aromatic rings. The number of aromatic nitrogens is 6. The van der Waals surface area contributed by atoms with Crippen LogP contribution in [0.5, 0.6) is 5.88 Å². The fourth-order valence-electron chi connectivity index (χ4n) is 2.18. The van der Waals surface area contributed by atoms with Gasteiger partial charge in [-0.2, -0.15) is 15.1 Å². The molecular formula is C13H15N7O. The van der Waals surface area contributed by atoms with Crippen LogP contribution in [0.15, 0.2) is 6.20 Å². The second-order valence-electron chi connectivity index (χ2n) is 4.56. The van der Waals surface area contributed by atoms with Crippen molar-refractivity contribution in [3.8, 4) is 17.1 Å². The lowest BCUT2D eigenvalue weighted by molar-refractivity contribution is 0.330. The number of hydrogen-bond donors (Lipinski definition) is 2. The van der Waals surface area contributed by atoms with Crippen LogP contribution in [0.4, 0.5) is 5.95 Å². The summed E-state index contributed by atoms with van der Waals surface area (Å²) in [5.74, 6) is 0.455. The Kier molecular flexibility index (Phi) is 3.13.